The monoisotopic (exact) mass is 376 g/mol. The van der Waals surface area contributed by atoms with Crippen molar-refractivity contribution in [1.29, 1.82) is 0 Å². The molecule has 2 aromatic rings. The van der Waals surface area contributed by atoms with E-state index in [1.54, 1.807) is 36.4 Å². The summed E-state index contributed by atoms with van der Waals surface area (Å²) in [5, 5.41) is 0. The molecule has 0 unspecified atom stereocenters. The molecular formula is C24H24O4. The molecule has 0 heterocycles. The molecule has 0 aliphatic heterocycles. The summed E-state index contributed by atoms with van der Waals surface area (Å²) in [5.74, 6) is -0.808. The number of carbonyl (C=O) groups excluding carboxylic acids is 2. The molecule has 1 aliphatic rings. The van der Waals surface area contributed by atoms with E-state index in [1.807, 2.05) is 24.3 Å². The normalized spacial score (nSPS) is 18.7. The van der Waals surface area contributed by atoms with Crippen LogP contribution < -0.4 is 0 Å². The molecule has 2 aromatic carbocycles. The number of hydrogen-bond donors (Lipinski definition) is 0. The third kappa shape index (κ3) is 4.77. The lowest BCUT2D eigenvalue weighted by Crippen LogP contribution is -2.37. The predicted octanol–water partition coefficient (Wildman–Crippen LogP) is 5.30. The second-order valence-corrected chi connectivity index (χ2v) is 6.82. The van der Waals surface area contributed by atoms with Crippen molar-refractivity contribution in [3.05, 3.63) is 83.9 Å². The van der Waals surface area contributed by atoms with Gasteiger partial charge in [-0.1, -0.05) is 49.6 Å². The average Bonchev–Trinajstić information content (AvgIpc) is 2.75. The van der Waals surface area contributed by atoms with Gasteiger partial charge in [-0.2, -0.15) is 0 Å². The Morgan fingerprint density at radius 1 is 0.714 bits per heavy atom. The van der Waals surface area contributed by atoms with Gasteiger partial charge in [-0.25, -0.2) is 9.59 Å². The zero-order chi connectivity index (χ0) is 19.9. The molecule has 0 amide bonds. The number of esters is 2. The van der Waals surface area contributed by atoms with E-state index in [-0.39, 0.29) is 0 Å². The summed E-state index contributed by atoms with van der Waals surface area (Å²) >= 11 is 0. The number of hydrogen-bond acceptors (Lipinski definition) is 4. The molecule has 144 valence electrons. The van der Waals surface area contributed by atoms with Crippen molar-refractivity contribution in [3.8, 4) is 0 Å². The maximum atomic E-state index is 12.5. The lowest BCUT2D eigenvalue weighted by Gasteiger charge is -2.30. The minimum Gasteiger partial charge on any atom is -0.455 e. The molecule has 1 saturated carbocycles. The van der Waals surface area contributed by atoms with Crippen molar-refractivity contribution in [3.63, 3.8) is 0 Å². The Labute approximate surface area is 165 Å². The number of rotatable bonds is 6. The highest BCUT2D eigenvalue weighted by atomic mass is 16.6. The number of ether oxygens (including phenoxy) is 2. The molecule has 0 spiro atoms. The first kappa shape index (κ1) is 19.6. The van der Waals surface area contributed by atoms with Crippen LogP contribution in [0.2, 0.25) is 0 Å². The highest BCUT2D eigenvalue weighted by Crippen LogP contribution is 2.26. The summed E-state index contributed by atoms with van der Waals surface area (Å²) in [7, 11) is 0. The molecular weight excluding hydrogens is 352 g/mol. The Morgan fingerprint density at radius 3 is 1.39 bits per heavy atom. The van der Waals surface area contributed by atoms with Crippen LogP contribution in [-0.4, -0.2) is 24.1 Å². The zero-order valence-electron chi connectivity index (χ0n) is 15.8. The van der Waals surface area contributed by atoms with Crippen LogP contribution in [0.15, 0.2) is 61.7 Å². The van der Waals surface area contributed by atoms with Crippen LogP contribution in [0.4, 0.5) is 0 Å². The highest BCUT2D eigenvalue weighted by Gasteiger charge is 2.32. The maximum Gasteiger partial charge on any atom is 0.338 e. The van der Waals surface area contributed by atoms with Crippen molar-refractivity contribution in [1.82, 2.24) is 0 Å². The fourth-order valence-corrected chi connectivity index (χ4v) is 3.25. The van der Waals surface area contributed by atoms with Gasteiger partial charge in [-0.15, -0.1) is 0 Å². The van der Waals surface area contributed by atoms with Gasteiger partial charge >= 0.3 is 11.9 Å². The van der Waals surface area contributed by atoms with Gasteiger partial charge in [0, 0.05) is 0 Å². The molecule has 4 heteroatoms. The van der Waals surface area contributed by atoms with Crippen LogP contribution in [0.1, 0.15) is 57.5 Å². The highest BCUT2D eigenvalue weighted by molar-refractivity contribution is 5.90. The minimum atomic E-state index is -0.434. The molecule has 1 fully saturated rings. The smallest absolute Gasteiger partial charge is 0.338 e. The minimum absolute atomic E-state index is 0.404. The van der Waals surface area contributed by atoms with Gasteiger partial charge in [0.05, 0.1) is 11.1 Å². The van der Waals surface area contributed by atoms with Crippen molar-refractivity contribution >= 4 is 24.1 Å². The van der Waals surface area contributed by atoms with Crippen LogP contribution in [0, 0.1) is 0 Å². The molecule has 0 saturated heterocycles. The van der Waals surface area contributed by atoms with E-state index >= 15 is 0 Å². The van der Waals surface area contributed by atoms with Crippen LogP contribution in [0.25, 0.3) is 12.2 Å². The van der Waals surface area contributed by atoms with E-state index in [2.05, 4.69) is 13.2 Å². The summed E-state index contributed by atoms with van der Waals surface area (Å²) < 4.78 is 11.4. The van der Waals surface area contributed by atoms with Crippen LogP contribution in [0.3, 0.4) is 0 Å². The van der Waals surface area contributed by atoms with Crippen LogP contribution >= 0.6 is 0 Å². The average molecular weight is 376 g/mol. The van der Waals surface area contributed by atoms with Gasteiger partial charge in [-0.05, 0) is 61.1 Å². The molecule has 3 rings (SSSR count). The van der Waals surface area contributed by atoms with Crippen molar-refractivity contribution < 1.29 is 19.1 Å². The first-order valence-electron chi connectivity index (χ1n) is 9.47. The Morgan fingerprint density at radius 2 is 1.07 bits per heavy atom. The van der Waals surface area contributed by atoms with Crippen molar-refractivity contribution in [2.45, 2.75) is 37.9 Å². The van der Waals surface area contributed by atoms with E-state index in [1.165, 1.54) is 0 Å². The standard InChI is InChI=1S/C24H24O4/c1-3-17-9-13-19(14-10-17)23(25)27-21-7-5-6-8-22(21)28-24(26)20-15-11-18(4-2)12-16-20/h3-4,9-16,21-22H,1-2,5-8H2/t21-,22-/m0/s1. The molecule has 28 heavy (non-hydrogen) atoms. The Bertz CT molecular complexity index is 776. The molecule has 0 aromatic heterocycles. The largest absolute Gasteiger partial charge is 0.455 e. The maximum absolute atomic E-state index is 12.5. The second kappa shape index (κ2) is 9.18. The van der Waals surface area contributed by atoms with Gasteiger partial charge in [0.1, 0.15) is 12.2 Å². The van der Waals surface area contributed by atoms with Crippen LogP contribution in [-0.2, 0) is 9.47 Å². The van der Waals surface area contributed by atoms with E-state index < -0.39 is 24.1 Å². The van der Waals surface area contributed by atoms with Gasteiger partial charge in [0.25, 0.3) is 0 Å². The first-order chi connectivity index (χ1) is 13.6. The molecule has 2 atom stereocenters. The van der Waals surface area contributed by atoms with Gasteiger partial charge < -0.3 is 9.47 Å². The van der Waals surface area contributed by atoms with Gasteiger partial charge in [-0.3, -0.25) is 0 Å². The van der Waals surface area contributed by atoms with Gasteiger partial charge in [0.2, 0.25) is 0 Å². The Kier molecular flexibility index (Phi) is 6.43. The quantitative estimate of drug-likeness (QED) is 0.642. The fraction of sp³-hybridized carbons (Fsp3) is 0.250. The summed E-state index contributed by atoms with van der Waals surface area (Å²) in [4.78, 5) is 25.0. The zero-order valence-corrected chi connectivity index (χ0v) is 15.8. The summed E-state index contributed by atoms with van der Waals surface area (Å²) in [6.07, 6.45) is 5.81. The lowest BCUT2D eigenvalue weighted by molar-refractivity contribution is -0.0514. The SMILES string of the molecule is C=Cc1ccc(C(=O)O[C@H]2CCCC[C@@H]2OC(=O)c2ccc(C=C)cc2)cc1. The molecule has 0 bridgehead atoms. The molecule has 4 nitrogen and oxygen atoms in total. The fourth-order valence-electron chi connectivity index (χ4n) is 3.25. The number of carbonyl (C=O) groups is 2. The molecule has 0 radical (unpaired) electrons. The molecule has 1 aliphatic carbocycles. The molecule has 0 N–H and O–H groups in total. The summed E-state index contributed by atoms with van der Waals surface area (Å²) in [6, 6.07) is 14.1. The third-order valence-corrected chi connectivity index (χ3v) is 4.92. The topological polar surface area (TPSA) is 52.6 Å². The summed E-state index contributed by atoms with van der Waals surface area (Å²) in [5.41, 5.74) is 2.81. The van der Waals surface area contributed by atoms with E-state index in [0.717, 1.165) is 24.0 Å². The van der Waals surface area contributed by atoms with E-state index in [0.29, 0.717) is 24.0 Å². The van der Waals surface area contributed by atoms with Crippen LogP contribution in [0.5, 0.6) is 0 Å². The van der Waals surface area contributed by atoms with Gasteiger partial charge in [0.15, 0.2) is 0 Å². The van der Waals surface area contributed by atoms with Crippen molar-refractivity contribution in [2.75, 3.05) is 0 Å². The Hall–Kier alpha value is -3.14. The lowest BCUT2D eigenvalue weighted by atomic mass is 9.94. The number of benzene rings is 2. The Balaban J connectivity index is 1.65. The third-order valence-electron chi connectivity index (χ3n) is 4.92. The van der Waals surface area contributed by atoms with E-state index in [4.69, 9.17) is 9.47 Å². The summed E-state index contributed by atoms with van der Waals surface area (Å²) in [6.45, 7) is 7.40. The predicted molar refractivity (Wildman–Crippen MR) is 110 cm³/mol. The second-order valence-electron chi connectivity index (χ2n) is 6.82. The van der Waals surface area contributed by atoms with Crippen molar-refractivity contribution in [2.24, 2.45) is 0 Å². The van der Waals surface area contributed by atoms with E-state index in [9.17, 15) is 9.59 Å². The first-order valence-corrected chi connectivity index (χ1v) is 9.47.